The summed E-state index contributed by atoms with van der Waals surface area (Å²) >= 11 is 0. The number of nitrogens with one attached hydrogen (secondary N) is 1. The molecule has 2 aromatic carbocycles. The van der Waals surface area contributed by atoms with E-state index in [9.17, 15) is 5.26 Å². The van der Waals surface area contributed by atoms with E-state index < -0.39 is 0 Å². The molecule has 24 heavy (non-hydrogen) atoms. The predicted octanol–water partition coefficient (Wildman–Crippen LogP) is 3.31. The topological polar surface area (TPSA) is 79.7 Å². The van der Waals surface area contributed by atoms with Gasteiger partial charge in [0.2, 0.25) is 5.95 Å². The standard InChI is InChI=1S/C19H17N5/c1-2-12-7-9-13(10-8-12)17-14(11-20)18(21)23-19-22-15-5-3-4-6-16(15)24(17)19/h3-10,17H,2,21H2,1H3,(H,22,23). The van der Waals surface area contributed by atoms with Crippen molar-refractivity contribution in [3.05, 3.63) is 71.1 Å². The smallest absolute Gasteiger partial charge is 0.210 e. The van der Waals surface area contributed by atoms with Crippen molar-refractivity contribution in [2.24, 2.45) is 5.73 Å². The van der Waals surface area contributed by atoms with E-state index >= 15 is 0 Å². The first kappa shape index (κ1) is 14.3. The molecule has 118 valence electrons. The Labute approximate surface area is 140 Å². The summed E-state index contributed by atoms with van der Waals surface area (Å²) in [6.07, 6.45) is 0.981. The fourth-order valence-corrected chi connectivity index (χ4v) is 3.23. The fourth-order valence-electron chi connectivity index (χ4n) is 3.23. The highest BCUT2D eigenvalue weighted by Gasteiger charge is 2.30. The molecular weight excluding hydrogens is 298 g/mol. The Morgan fingerprint density at radius 2 is 1.96 bits per heavy atom. The highest BCUT2D eigenvalue weighted by molar-refractivity contribution is 5.80. The first-order chi connectivity index (χ1) is 11.7. The van der Waals surface area contributed by atoms with Gasteiger partial charge in [0.1, 0.15) is 17.9 Å². The Bertz CT molecular complexity index is 989. The van der Waals surface area contributed by atoms with Gasteiger partial charge in [0.15, 0.2) is 0 Å². The SMILES string of the molecule is CCc1ccc(C2C(C#N)=C(N)Nc3nc4ccccc4n32)cc1. The monoisotopic (exact) mass is 315 g/mol. The van der Waals surface area contributed by atoms with Crippen LogP contribution in [0.4, 0.5) is 5.95 Å². The van der Waals surface area contributed by atoms with Crippen molar-refractivity contribution in [2.75, 3.05) is 5.32 Å². The zero-order valence-electron chi connectivity index (χ0n) is 13.3. The second kappa shape index (κ2) is 5.43. The number of nitrogens with zero attached hydrogens (tertiary/aromatic N) is 3. The van der Waals surface area contributed by atoms with Crippen LogP contribution in [0, 0.1) is 11.3 Å². The van der Waals surface area contributed by atoms with Crippen molar-refractivity contribution in [3.63, 3.8) is 0 Å². The minimum Gasteiger partial charge on any atom is -0.384 e. The van der Waals surface area contributed by atoms with Crippen molar-refractivity contribution < 1.29 is 0 Å². The number of nitrogens with two attached hydrogens (primary N) is 1. The third kappa shape index (κ3) is 2.04. The van der Waals surface area contributed by atoms with E-state index in [1.54, 1.807) is 0 Å². The molecule has 0 fully saturated rings. The van der Waals surface area contributed by atoms with Crippen molar-refractivity contribution in [3.8, 4) is 6.07 Å². The van der Waals surface area contributed by atoms with Crippen molar-refractivity contribution in [1.82, 2.24) is 9.55 Å². The molecule has 0 saturated heterocycles. The van der Waals surface area contributed by atoms with Crippen LogP contribution in [0.25, 0.3) is 11.0 Å². The Hall–Kier alpha value is -3.26. The number of aryl methyl sites for hydroxylation is 1. The van der Waals surface area contributed by atoms with Gasteiger partial charge < -0.3 is 11.1 Å². The van der Waals surface area contributed by atoms with Crippen LogP contribution in [0.1, 0.15) is 24.1 Å². The highest BCUT2D eigenvalue weighted by atomic mass is 15.3. The maximum Gasteiger partial charge on any atom is 0.210 e. The molecule has 0 amide bonds. The lowest BCUT2D eigenvalue weighted by Crippen LogP contribution is -2.27. The Morgan fingerprint density at radius 3 is 2.67 bits per heavy atom. The van der Waals surface area contributed by atoms with E-state index in [2.05, 4.69) is 47.6 Å². The molecule has 5 heteroatoms. The molecule has 4 rings (SSSR count). The van der Waals surface area contributed by atoms with Gasteiger partial charge in [-0.15, -0.1) is 0 Å². The largest absolute Gasteiger partial charge is 0.384 e. The molecule has 0 bridgehead atoms. The Balaban J connectivity index is 1.97. The first-order valence-corrected chi connectivity index (χ1v) is 7.95. The van der Waals surface area contributed by atoms with Crippen LogP contribution in [0.5, 0.6) is 0 Å². The van der Waals surface area contributed by atoms with Crippen LogP contribution < -0.4 is 11.1 Å². The maximum atomic E-state index is 9.67. The normalized spacial score (nSPS) is 16.6. The molecule has 0 saturated carbocycles. The number of para-hydroxylation sites is 2. The van der Waals surface area contributed by atoms with Crippen molar-refractivity contribution >= 4 is 17.0 Å². The summed E-state index contributed by atoms with van der Waals surface area (Å²) in [6.45, 7) is 2.12. The molecule has 0 aliphatic carbocycles. The number of imidazole rings is 1. The second-order valence-electron chi connectivity index (χ2n) is 5.86. The zero-order valence-corrected chi connectivity index (χ0v) is 13.3. The number of hydrogen-bond acceptors (Lipinski definition) is 4. The third-order valence-electron chi connectivity index (χ3n) is 4.49. The van der Waals surface area contributed by atoms with Gasteiger partial charge in [-0.1, -0.05) is 43.3 Å². The number of anilines is 1. The van der Waals surface area contributed by atoms with Gasteiger partial charge in [0.25, 0.3) is 0 Å². The maximum absolute atomic E-state index is 9.67. The molecular formula is C19H17N5. The van der Waals surface area contributed by atoms with Crippen LogP contribution in [0.2, 0.25) is 0 Å². The molecule has 5 nitrogen and oxygen atoms in total. The number of fused-ring (bicyclic) bond motifs is 3. The lowest BCUT2D eigenvalue weighted by atomic mass is 9.96. The molecule has 1 aromatic heterocycles. The molecule has 0 radical (unpaired) electrons. The van der Waals surface area contributed by atoms with Crippen LogP contribution in [-0.2, 0) is 6.42 Å². The molecule has 3 N–H and O–H groups in total. The molecule has 1 unspecified atom stereocenters. The van der Waals surface area contributed by atoms with Gasteiger partial charge in [-0.25, -0.2) is 4.98 Å². The molecule has 3 aromatic rings. The lowest BCUT2D eigenvalue weighted by molar-refractivity contribution is 0.680. The summed E-state index contributed by atoms with van der Waals surface area (Å²) in [7, 11) is 0. The van der Waals surface area contributed by atoms with Gasteiger partial charge in [-0.2, -0.15) is 5.26 Å². The van der Waals surface area contributed by atoms with Gasteiger partial charge in [0.05, 0.1) is 16.6 Å². The molecule has 2 heterocycles. The minimum atomic E-state index is -0.274. The summed E-state index contributed by atoms with van der Waals surface area (Å²) in [6, 6.07) is 18.2. The average Bonchev–Trinajstić information content (AvgIpc) is 2.98. The van der Waals surface area contributed by atoms with Crippen LogP contribution in [0.3, 0.4) is 0 Å². The molecule has 1 aliphatic rings. The predicted molar refractivity (Wildman–Crippen MR) is 94.1 cm³/mol. The number of benzene rings is 2. The van der Waals surface area contributed by atoms with Gasteiger partial charge in [-0.3, -0.25) is 4.57 Å². The Kier molecular flexibility index (Phi) is 3.24. The number of rotatable bonds is 2. The minimum absolute atomic E-state index is 0.274. The number of allylic oxidation sites excluding steroid dienone is 1. The lowest BCUT2D eigenvalue weighted by Gasteiger charge is -2.27. The van der Waals surface area contributed by atoms with E-state index in [1.165, 1.54) is 5.56 Å². The first-order valence-electron chi connectivity index (χ1n) is 7.95. The van der Waals surface area contributed by atoms with Crippen molar-refractivity contribution in [1.29, 1.82) is 5.26 Å². The number of nitriles is 1. The summed E-state index contributed by atoms with van der Waals surface area (Å²) < 4.78 is 2.05. The highest BCUT2D eigenvalue weighted by Crippen LogP contribution is 2.37. The van der Waals surface area contributed by atoms with Gasteiger partial charge in [-0.05, 0) is 29.7 Å². The van der Waals surface area contributed by atoms with Crippen molar-refractivity contribution in [2.45, 2.75) is 19.4 Å². The summed E-state index contributed by atoms with van der Waals surface area (Å²) in [5.41, 5.74) is 10.8. The third-order valence-corrected chi connectivity index (χ3v) is 4.49. The van der Waals surface area contributed by atoms with E-state index in [4.69, 9.17) is 5.73 Å². The molecule has 1 atom stereocenters. The average molecular weight is 315 g/mol. The summed E-state index contributed by atoms with van der Waals surface area (Å²) in [5.74, 6) is 1.03. The summed E-state index contributed by atoms with van der Waals surface area (Å²) in [4.78, 5) is 4.61. The van der Waals surface area contributed by atoms with E-state index in [0.717, 1.165) is 23.0 Å². The number of aromatic nitrogens is 2. The second-order valence-corrected chi connectivity index (χ2v) is 5.86. The fraction of sp³-hybridized carbons (Fsp3) is 0.158. The summed E-state index contributed by atoms with van der Waals surface area (Å²) in [5, 5.41) is 12.7. The van der Waals surface area contributed by atoms with E-state index in [1.807, 2.05) is 28.8 Å². The van der Waals surface area contributed by atoms with E-state index in [-0.39, 0.29) is 6.04 Å². The van der Waals surface area contributed by atoms with Crippen LogP contribution in [-0.4, -0.2) is 9.55 Å². The zero-order chi connectivity index (χ0) is 16.7. The van der Waals surface area contributed by atoms with Crippen LogP contribution >= 0.6 is 0 Å². The van der Waals surface area contributed by atoms with E-state index in [0.29, 0.717) is 17.3 Å². The number of hydrogen-bond donors (Lipinski definition) is 2. The quantitative estimate of drug-likeness (QED) is 0.760. The van der Waals surface area contributed by atoms with Gasteiger partial charge in [0, 0.05) is 0 Å². The Morgan fingerprint density at radius 1 is 1.21 bits per heavy atom. The van der Waals surface area contributed by atoms with Crippen LogP contribution in [0.15, 0.2) is 59.9 Å². The van der Waals surface area contributed by atoms with Gasteiger partial charge >= 0.3 is 0 Å². The molecule has 1 aliphatic heterocycles. The molecule has 0 spiro atoms.